The molecule has 2 aromatic rings. The van der Waals surface area contributed by atoms with Crippen LogP contribution in [-0.2, 0) is 16.1 Å². The Kier molecular flexibility index (Phi) is 5.17. The molecule has 0 spiro atoms. The molecular formula is C21H21Cl2N3O3. The van der Waals surface area contributed by atoms with E-state index in [1.165, 1.54) is 0 Å². The number of rotatable bonds is 5. The van der Waals surface area contributed by atoms with Crippen molar-refractivity contribution in [3.05, 3.63) is 57.3 Å². The number of carboxylic acids is 1. The SMILES string of the molecule is Cc1nn(Cc2c(Cl)cccc2Cl)c(C)c1NC(=O)[C@@H]1[C@@H](C(=O)O)[C@H]2C=C[C@H]1C2. The van der Waals surface area contributed by atoms with Crippen molar-refractivity contribution in [2.24, 2.45) is 23.7 Å². The fourth-order valence-electron chi connectivity index (χ4n) is 4.59. The number of halogens is 2. The molecule has 4 atom stereocenters. The largest absolute Gasteiger partial charge is 0.481 e. The van der Waals surface area contributed by atoms with Crippen LogP contribution in [0.5, 0.6) is 0 Å². The van der Waals surface area contributed by atoms with Gasteiger partial charge in [-0.2, -0.15) is 5.10 Å². The molecule has 2 N–H and O–H groups in total. The second-order valence-electron chi connectivity index (χ2n) is 7.73. The second kappa shape index (κ2) is 7.50. The number of nitrogens with one attached hydrogen (secondary N) is 1. The number of hydrogen-bond acceptors (Lipinski definition) is 3. The van der Waals surface area contributed by atoms with Gasteiger partial charge in [-0.05, 0) is 44.2 Å². The Morgan fingerprint density at radius 1 is 1.17 bits per heavy atom. The van der Waals surface area contributed by atoms with Gasteiger partial charge in [0.15, 0.2) is 0 Å². The second-order valence-corrected chi connectivity index (χ2v) is 8.55. The van der Waals surface area contributed by atoms with Gasteiger partial charge in [0.1, 0.15) is 0 Å². The van der Waals surface area contributed by atoms with E-state index in [0.29, 0.717) is 28.0 Å². The van der Waals surface area contributed by atoms with Gasteiger partial charge in [-0.25, -0.2) is 0 Å². The van der Waals surface area contributed by atoms with Gasteiger partial charge >= 0.3 is 5.97 Å². The van der Waals surface area contributed by atoms with E-state index in [4.69, 9.17) is 23.2 Å². The summed E-state index contributed by atoms with van der Waals surface area (Å²) in [6.07, 6.45) is 4.61. The molecule has 0 radical (unpaired) electrons. The van der Waals surface area contributed by atoms with Gasteiger partial charge < -0.3 is 10.4 Å². The highest BCUT2D eigenvalue weighted by atomic mass is 35.5. The van der Waals surface area contributed by atoms with Gasteiger partial charge in [-0.1, -0.05) is 41.4 Å². The molecule has 8 heteroatoms. The summed E-state index contributed by atoms with van der Waals surface area (Å²) >= 11 is 12.5. The van der Waals surface area contributed by atoms with Gasteiger partial charge in [0.2, 0.25) is 5.91 Å². The van der Waals surface area contributed by atoms with Crippen LogP contribution in [-0.4, -0.2) is 26.8 Å². The molecule has 2 bridgehead atoms. The molecule has 1 aromatic carbocycles. The number of amides is 1. The Morgan fingerprint density at radius 2 is 1.79 bits per heavy atom. The van der Waals surface area contributed by atoms with Gasteiger partial charge in [0.05, 0.1) is 35.5 Å². The summed E-state index contributed by atoms with van der Waals surface area (Å²) in [6.45, 7) is 4.04. The monoisotopic (exact) mass is 433 g/mol. The minimum absolute atomic E-state index is 0.0290. The topological polar surface area (TPSA) is 84.2 Å². The third kappa shape index (κ3) is 3.45. The van der Waals surface area contributed by atoms with Crippen LogP contribution in [0.3, 0.4) is 0 Å². The number of fused-ring (bicyclic) bond motifs is 2. The van der Waals surface area contributed by atoms with Gasteiger partial charge in [-0.15, -0.1) is 0 Å². The first-order chi connectivity index (χ1) is 13.8. The number of aromatic nitrogens is 2. The smallest absolute Gasteiger partial charge is 0.307 e. The minimum Gasteiger partial charge on any atom is -0.481 e. The third-order valence-electron chi connectivity index (χ3n) is 6.05. The maximum atomic E-state index is 13.0. The number of anilines is 1. The van der Waals surface area contributed by atoms with Crippen molar-refractivity contribution >= 4 is 40.8 Å². The number of aryl methyl sites for hydroxylation is 1. The highest BCUT2D eigenvalue weighted by molar-refractivity contribution is 6.36. The molecule has 1 heterocycles. The van der Waals surface area contributed by atoms with Crippen LogP contribution < -0.4 is 5.32 Å². The standard InChI is InChI=1S/C21H21Cl2N3O3/c1-10-19(11(2)26(25-10)9-14-15(22)4-3-5-16(14)23)24-20(27)17-12-6-7-13(8-12)18(17)21(28)29/h3-7,12-13,17-18H,8-9H2,1-2H3,(H,24,27)(H,28,29)/t12-,13-,17-,18-/m0/s1. The summed E-state index contributed by atoms with van der Waals surface area (Å²) in [4.78, 5) is 24.7. The Hall–Kier alpha value is -2.31. The summed E-state index contributed by atoms with van der Waals surface area (Å²) in [5.74, 6) is -2.53. The van der Waals surface area contributed by atoms with Crippen LogP contribution in [0.15, 0.2) is 30.4 Å². The predicted molar refractivity (Wildman–Crippen MR) is 111 cm³/mol. The quantitative estimate of drug-likeness (QED) is 0.687. The first kappa shape index (κ1) is 20.0. The molecule has 0 unspecified atom stereocenters. The van der Waals surface area contributed by atoms with E-state index in [0.717, 1.165) is 17.7 Å². The van der Waals surface area contributed by atoms with Crippen LogP contribution in [0.25, 0.3) is 0 Å². The summed E-state index contributed by atoms with van der Waals surface area (Å²) in [7, 11) is 0. The van der Waals surface area contributed by atoms with E-state index >= 15 is 0 Å². The lowest BCUT2D eigenvalue weighted by Gasteiger charge is -2.24. The van der Waals surface area contributed by atoms with E-state index in [1.807, 2.05) is 26.0 Å². The zero-order chi connectivity index (χ0) is 20.9. The molecular weight excluding hydrogens is 413 g/mol. The minimum atomic E-state index is -0.917. The van der Waals surface area contributed by atoms with E-state index < -0.39 is 17.8 Å². The fraction of sp³-hybridized carbons (Fsp3) is 0.381. The average Bonchev–Trinajstić information content (AvgIpc) is 3.34. The first-order valence-electron chi connectivity index (χ1n) is 9.46. The van der Waals surface area contributed by atoms with Crippen molar-refractivity contribution in [2.75, 3.05) is 5.32 Å². The predicted octanol–water partition coefficient (Wildman–Crippen LogP) is 4.32. The highest BCUT2D eigenvalue weighted by Crippen LogP contribution is 2.48. The van der Waals surface area contributed by atoms with Crippen molar-refractivity contribution < 1.29 is 14.7 Å². The van der Waals surface area contributed by atoms with Crippen LogP contribution in [0.4, 0.5) is 5.69 Å². The van der Waals surface area contributed by atoms with Crippen LogP contribution in [0, 0.1) is 37.5 Å². The lowest BCUT2D eigenvalue weighted by atomic mass is 9.82. The normalized spacial score (nSPS) is 24.8. The molecule has 0 aliphatic heterocycles. The van der Waals surface area contributed by atoms with Gasteiger partial charge in [0.25, 0.3) is 0 Å². The van der Waals surface area contributed by atoms with Crippen molar-refractivity contribution in [3.8, 4) is 0 Å². The molecule has 0 saturated heterocycles. The van der Waals surface area contributed by atoms with E-state index in [2.05, 4.69) is 10.4 Å². The van der Waals surface area contributed by atoms with Crippen LogP contribution in [0.2, 0.25) is 10.0 Å². The first-order valence-corrected chi connectivity index (χ1v) is 10.2. The Balaban J connectivity index is 1.58. The van der Waals surface area contributed by atoms with Gasteiger partial charge in [-0.3, -0.25) is 14.3 Å². The lowest BCUT2D eigenvalue weighted by molar-refractivity contribution is -0.146. The number of aliphatic carboxylic acids is 1. The van der Waals surface area contributed by atoms with Crippen molar-refractivity contribution in [1.82, 2.24) is 9.78 Å². The number of allylic oxidation sites excluding steroid dienone is 2. The zero-order valence-corrected chi connectivity index (χ0v) is 17.5. The molecule has 1 fully saturated rings. The number of benzene rings is 1. The fourth-order valence-corrected chi connectivity index (χ4v) is 5.10. The number of carbonyl (C=O) groups excluding carboxylic acids is 1. The van der Waals surface area contributed by atoms with Gasteiger partial charge in [0, 0.05) is 15.6 Å². The van der Waals surface area contributed by atoms with Crippen LogP contribution >= 0.6 is 23.2 Å². The summed E-state index contributed by atoms with van der Waals surface area (Å²) in [5, 5.41) is 18.2. The summed E-state index contributed by atoms with van der Waals surface area (Å²) < 4.78 is 1.74. The molecule has 1 aromatic heterocycles. The van der Waals surface area contributed by atoms with E-state index in [9.17, 15) is 14.7 Å². The maximum Gasteiger partial charge on any atom is 0.307 e. The number of hydrogen-bond donors (Lipinski definition) is 2. The van der Waals surface area contributed by atoms with Crippen molar-refractivity contribution in [3.63, 3.8) is 0 Å². The molecule has 29 heavy (non-hydrogen) atoms. The zero-order valence-electron chi connectivity index (χ0n) is 16.0. The Morgan fingerprint density at radius 3 is 2.41 bits per heavy atom. The maximum absolute atomic E-state index is 13.0. The number of carbonyl (C=O) groups is 2. The van der Waals surface area contributed by atoms with Crippen molar-refractivity contribution in [2.45, 2.75) is 26.8 Å². The Bertz CT molecular complexity index is 1010. The van der Waals surface area contributed by atoms with E-state index in [-0.39, 0.29) is 17.7 Å². The molecule has 6 nitrogen and oxygen atoms in total. The van der Waals surface area contributed by atoms with Crippen LogP contribution in [0.1, 0.15) is 23.4 Å². The Labute approximate surface area is 178 Å². The molecule has 2 aliphatic rings. The number of carboxylic acid groups (broad SMARTS) is 1. The van der Waals surface area contributed by atoms with E-state index in [1.54, 1.807) is 22.9 Å². The molecule has 4 rings (SSSR count). The third-order valence-corrected chi connectivity index (χ3v) is 6.75. The molecule has 2 aliphatic carbocycles. The molecule has 1 saturated carbocycles. The average molecular weight is 434 g/mol. The van der Waals surface area contributed by atoms with Crippen molar-refractivity contribution in [1.29, 1.82) is 0 Å². The lowest BCUT2D eigenvalue weighted by Crippen LogP contribution is -2.36. The molecule has 152 valence electrons. The number of nitrogens with zero attached hydrogens (tertiary/aromatic N) is 2. The summed E-state index contributed by atoms with van der Waals surface area (Å²) in [6, 6.07) is 5.32. The summed E-state index contributed by atoms with van der Waals surface area (Å²) in [5.41, 5.74) is 2.78. The molecule has 1 amide bonds. The highest BCUT2D eigenvalue weighted by Gasteiger charge is 2.51.